The molecule has 1 rings (SSSR count). The quantitative estimate of drug-likeness (QED) is 0.331. The Morgan fingerprint density at radius 2 is 1.48 bits per heavy atom. The largest absolute Gasteiger partial charge is 0.0651 e. The fraction of sp³-hybridized carbons (Fsp3) is 1.00. The summed E-state index contributed by atoms with van der Waals surface area (Å²) in [7, 11) is 0. The average Bonchev–Trinajstić information content (AvgIpc) is 3.22. The van der Waals surface area contributed by atoms with Crippen LogP contribution in [0.2, 0.25) is 0 Å². The molecule has 0 N–H and O–H groups in total. The van der Waals surface area contributed by atoms with E-state index in [9.17, 15) is 0 Å². The zero-order chi connectivity index (χ0) is 15.8. The molecule has 0 heterocycles. The monoisotopic (exact) mass is 294 g/mol. The summed E-state index contributed by atoms with van der Waals surface area (Å²) in [5.41, 5.74) is 0. The van der Waals surface area contributed by atoms with Crippen LogP contribution in [0.1, 0.15) is 99.3 Å². The SMILES string of the molecule is CCC(C)CCC(C)CCCCCC1CC1C(C)C(C)C. The Morgan fingerprint density at radius 3 is 2.10 bits per heavy atom. The van der Waals surface area contributed by atoms with Crippen LogP contribution in [0.15, 0.2) is 0 Å². The summed E-state index contributed by atoms with van der Waals surface area (Å²) in [5, 5.41) is 0. The summed E-state index contributed by atoms with van der Waals surface area (Å²) in [6, 6.07) is 0. The molecule has 0 aromatic carbocycles. The first kappa shape index (κ1) is 19.0. The lowest BCUT2D eigenvalue weighted by atomic mass is 9.91. The molecule has 5 unspecified atom stereocenters. The van der Waals surface area contributed by atoms with Crippen molar-refractivity contribution < 1.29 is 0 Å². The Kier molecular flexibility index (Phi) is 8.98. The summed E-state index contributed by atoms with van der Waals surface area (Å²) in [6.45, 7) is 14.4. The van der Waals surface area contributed by atoms with Crippen molar-refractivity contribution in [2.45, 2.75) is 99.3 Å². The first-order chi connectivity index (χ1) is 9.95. The van der Waals surface area contributed by atoms with Crippen molar-refractivity contribution in [3.63, 3.8) is 0 Å². The normalized spacial score (nSPS) is 25.9. The molecular formula is C21H42. The van der Waals surface area contributed by atoms with Gasteiger partial charge in [-0.3, -0.25) is 0 Å². The van der Waals surface area contributed by atoms with Crippen LogP contribution in [-0.2, 0) is 0 Å². The van der Waals surface area contributed by atoms with Gasteiger partial charge in [0.15, 0.2) is 0 Å². The van der Waals surface area contributed by atoms with E-state index in [1.54, 1.807) is 0 Å². The minimum Gasteiger partial charge on any atom is -0.0651 e. The molecule has 0 bridgehead atoms. The lowest BCUT2D eigenvalue weighted by Crippen LogP contribution is -2.07. The third-order valence-corrected chi connectivity index (χ3v) is 6.33. The molecule has 0 heteroatoms. The molecule has 0 aromatic rings. The van der Waals surface area contributed by atoms with Crippen molar-refractivity contribution in [2.24, 2.45) is 35.5 Å². The summed E-state index contributed by atoms with van der Waals surface area (Å²) in [4.78, 5) is 0. The van der Waals surface area contributed by atoms with Crippen molar-refractivity contribution in [3.8, 4) is 0 Å². The van der Waals surface area contributed by atoms with Crippen molar-refractivity contribution in [3.05, 3.63) is 0 Å². The van der Waals surface area contributed by atoms with Gasteiger partial charge in [-0.15, -0.1) is 0 Å². The molecule has 0 aromatic heterocycles. The third kappa shape index (κ3) is 7.71. The second-order valence-corrected chi connectivity index (χ2v) is 8.60. The van der Waals surface area contributed by atoms with E-state index in [0.717, 1.165) is 35.5 Å². The molecule has 1 aliphatic rings. The van der Waals surface area contributed by atoms with Gasteiger partial charge in [0.1, 0.15) is 0 Å². The maximum absolute atomic E-state index is 2.47. The minimum atomic E-state index is 0.881. The van der Waals surface area contributed by atoms with E-state index in [0.29, 0.717) is 0 Å². The van der Waals surface area contributed by atoms with Crippen LogP contribution in [0, 0.1) is 35.5 Å². The minimum absolute atomic E-state index is 0.881. The molecule has 21 heavy (non-hydrogen) atoms. The van der Waals surface area contributed by atoms with Gasteiger partial charge in [0, 0.05) is 0 Å². The smallest absolute Gasteiger partial charge is 0.0355 e. The lowest BCUT2D eigenvalue weighted by molar-refractivity contribution is 0.347. The van der Waals surface area contributed by atoms with Crippen molar-refractivity contribution >= 4 is 0 Å². The second kappa shape index (κ2) is 9.90. The van der Waals surface area contributed by atoms with Gasteiger partial charge in [-0.05, 0) is 41.9 Å². The highest BCUT2D eigenvalue weighted by molar-refractivity contribution is 4.90. The Labute approximate surface area is 135 Å². The fourth-order valence-corrected chi connectivity index (χ4v) is 3.73. The van der Waals surface area contributed by atoms with Crippen LogP contribution in [0.25, 0.3) is 0 Å². The molecule has 1 fully saturated rings. The van der Waals surface area contributed by atoms with E-state index in [2.05, 4.69) is 41.5 Å². The van der Waals surface area contributed by atoms with Gasteiger partial charge in [-0.1, -0.05) is 92.9 Å². The number of unbranched alkanes of at least 4 members (excludes halogenated alkanes) is 2. The highest BCUT2D eigenvalue weighted by atomic mass is 14.5. The van der Waals surface area contributed by atoms with Crippen LogP contribution >= 0.6 is 0 Å². The van der Waals surface area contributed by atoms with Crippen LogP contribution in [0.4, 0.5) is 0 Å². The van der Waals surface area contributed by atoms with Gasteiger partial charge >= 0.3 is 0 Å². The molecule has 0 radical (unpaired) electrons. The molecule has 0 saturated heterocycles. The second-order valence-electron chi connectivity index (χ2n) is 8.60. The van der Waals surface area contributed by atoms with Crippen molar-refractivity contribution in [1.29, 1.82) is 0 Å². The van der Waals surface area contributed by atoms with E-state index in [1.807, 2.05) is 0 Å². The average molecular weight is 295 g/mol. The van der Waals surface area contributed by atoms with E-state index >= 15 is 0 Å². The predicted octanol–water partition coefficient (Wildman–Crippen LogP) is 7.33. The van der Waals surface area contributed by atoms with Gasteiger partial charge in [0.2, 0.25) is 0 Å². The molecule has 0 spiro atoms. The van der Waals surface area contributed by atoms with Crippen LogP contribution in [0.3, 0.4) is 0 Å². The van der Waals surface area contributed by atoms with Gasteiger partial charge < -0.3 is 0 Å². The van der Waals surface area contributed by atoms with E-state index in [-0.39, 0.29) is 0 Å². The summed E-state index contributed by atoms with van der Waals surface area (Å²) >= 11 is 0. The zero-order valence-corrected chi connectivity index (χ0v) is 15.8. The molecule has 0 amide bonds. The molecule has 5 atom stereocenters. The first-order valence-corrected chi connectivity index (χ1v) is 9.95. The Hall–Kier alpha value is 0. The molecule has 1 aliphatic carbocycles. The Bertz CT molecular complexity index is 255. The molecule has 0 aliphatic heterocycles. The van der Waals surface area contributed by atoms with Gasteiger partial charge in [0.25, 0.3) is 0 Å². The van der Waals surface area contributed by atoms with Crippen molar-refractivity contribution in [2.75, 3.05) is 0 Å². The highest BCUT2D eigenvalue weighted by Crippen LogP contribution is 2.49. The van der Waals surface area contributed by atoms with Crippen LogP contribution in [0.5, 0.6) is 0 Å². The molecule has 0 nitrogen and oxygen atoms in total. The lowest BCUT2D eigenvalue weighted by Gasteiger charge is -2.15. The summed E-state index contributed by atoms with van der Waals surface area (Å²) < 4.78 is 0. The van der Waals surface area contributed by atoms with Crippen LogP contribution in [-0.4, -0.2) is 0 Å². The summed E-state index contributed by atoms with van der Waals surface area (Å²) in [5.74, 6) is 5.88. The maximum Gasteiger partial charge on any atom is -0.0355 e. The van der Waals surface area contributed by atoms with Gasteiger partial charge in [-0.2, -0.15) is 0 Å². The Balaban J connectivity index is 1.94. The molecular weight excluding hydrogens is 252 g/mol. The van der Waals surface area contributed by atoms with Gasteiger partial charge in [-0.25, -0.2) is 0 Å². The maximum atomic E-state index is 2.47. The van der Waals surface area contributed by atoms with Crippen LogP contribution < -0.4 is 0 Å². The van der Waals surface area contributed by atoms with Gasteiger partial charge in [0.05, 0.1) is 0 Å². The fourth-order valence-electron chi connectivity index (χ4n) is 3.73. The highest BCUT2D eigenvalue weighted by Gasteiger charge is 2.40. The summed E-state index contributed by atoms with van der Waals surface area (Å²) in [6.07, 6.45) is 13.2. The zero-order valence-electron chi connectivity index (χ0n) is 15.8. The number of hydrogen-bond acceptors (Lipinski definition) is 0. The third-order valence-electron chi connectivity index (χ3n) is 6.33. The van der Waals surface area contributed by atoms with E-state index < -0.39 is 0 Å². The predicted molar refractivity (Wildman–Crippen MR) is 96.5 cm³/mol. The number of hydrogen-bond donors (Lipinski definition) is 0. The molecule has 1 saturated carbocycles. The first-order valence-electron chi connectivity index (χ1n) is 9.95. The number of rotatable bonds is 12. The topological polar surface area (TPSA) is 0 Å². The van der Waals surface area contributed by atoms with Crippen molar-refractivity contribution in [1.82, 2.24) is 0 Å². The molecule has 126 valence electrons. The standard InChI is InChI=1S/C21H42/c1-7-17(4)13-14-18(5)11-9-8-10-12-20-15-21(20)19(6)16(2)3/h16-21H,7-15H2,1-6H3. The van der Waals surface area contributed by atoms with E-state index in [1.165, 1.54) is 57.8 Å². The van der Waals surface area contributed by atoms with E-state index in [4.69, 9.17) is 0 Å². The Morgan fingerprint density at radius 1 is 0.810 bits per heavy atom.